The van der Waals surface area contributed by atoms with Crippen LogP contribution in [0.3, 0.4) is 0 Å². The predicted octanol–water partition coefficient (Wildman–Crippen LogP) is 3.22. The van der Waals surface area contributed by atoms with Crippen LogP contribution in [0.1, 0.15) is 27.7 Å². The van der Waals surface area contributed by atoms with Gasteiger partial charge in [0.05, 0.1) is 8.80 Å². The maximum Gasteiger partial charge on any atom is 0.0642 e. The molecule has 0 aromatic heterocycles. The van der Waals surface area contributed by atoms with E-state index in [1.165, 1.54) is 0 Å². The van der Waals surface area contributed by atoms with Crippen LogP contribution >= 0.6 is 0 Å². The van der Waals surface area contributed by atoms with Crippen LogP contribution in [0.5, 0.6) is 0 Å². The summed E-state index contributed by atoms with van der Waals surface area (Å²) in [6.45, 7) is 12.9. The fourth-order valence-corrected chi connectivity index (χ4v) is 5.67. The second-order valence-corrected chi connectivity index (χ2v) is 8.53. The normalized spacial score (nSPS) is 13.5. The summed E-state index contributed by atoms with van der Waals surface area (Å²) in [6.07, 6.45) is 7.43. The average Bonchev–Trinajstić information content (AvgIpc) is 1.98. The standard InChI is InChI=1S/C11H20Si/c1-7-11(8-2)12(9(3)4)10(5)6/h1,8-12H,2H2,3-6H3. The molecule has 0 heterocycles. The van der Waals surface area contributed by atoms with Crippen LogP contribution < -0.4 is 0 Å². The van der Waals surface area contributed by atoms with Crippen LogP contribution in [0.4, 0.5) is 0 Å². The van der Waals surface area contributed by atoms with Gasteiger partial charge >= 0.3 is 0 Å². The molecule has 0 saturated heterocycles. The van der Waals surface area contributed by atoms with Gasteiger partial charge in [-0.15, -0.1) is 18.9 Å². The Kier molecular flexibility index (Phi) is 5.00. The third-order valence-corrected chi connectivity index (χ3v) is 6.77. The minimum Gasteiger partial charge on any atom is -0.120 e. The van der Waals surface area contributed by atoms with Crippen molar-refractivity contribution >= 4 is 8.80 Å². The number of hydrogen-bond acceptors (Lipinski definition) is 0. The molecule has 0 N–H and O–H groups in total. The lowest BCUT2D eigenvalue weighted by molar-refractivity contribution is 0.916. The summed E-state index contributed by atoms with van der Waals surface area (Å²) >= 11 is 0. The van der Waals surface area contributed by atoms with Gasteiger partial charge in [0.25, 0.3) is 0 Å². The minimum atomic E-state index is -0.850. The van der Waals surface area contributed by atoms with Crippen molar-refractivity contribution in [2.45, 2.75) is 44.3 Å². The first kappa shape index (κ1) is 11.5. The first-order valence-corrected chi connectivity index (χ1v) is 6.63. The number of hydrogen-bond donors (Lipinski definition) is 0. The highest BCUT2D eigenvalue weighted by Crippen LogP contribution is 2.30. The van der Waals surface area contributed by atoms with E-state index >= 15 is 0 Å². The topological polar surface area (TPSA) is 0 Å². The maximum atomic E-state index is 5.47. The van der Waals surface area contributed by atoms with Crippen molar-refractivity contribution in [3.05, 3.63) is 12.7 Å². The predicted molar refractivity (Wildman–Crippen MR) is 60.1 cm³/mol. The summed E-state index contributed by atoms with van der Waals surface area (Å²) in [5.74, 6) is 2.86. The van der Waals surface area contributed by atoms with Crippen LogP contribution in [0.2, 0.25) is 16.6 Å². The molecule has 0 amide bonds. The second kappa shape index (κ2) is 5.21. The number of terminal acetylenes is 1. The fraction of sp³-hybridized carbons (Fsp3) is 0.636. The van der Waals surface area contributed by atoms with Crippen molar-refractivity contribution in [3.8, 4) is 12.3 Å². The van der Waals surface area contributed by atoms with Gasteiger partial charge in [0.1, 0.15) is 0 Å². The smallest absolute Gasteiger partial charge is 0.0642 e. The lowest BCUT2D eigenvalue weighted by atomic mass is 10.4. The van der Waals surface area contributed by atoms with E-state index in [1.54, 1.807) is 0 Å². The van der Waals surface area contributed by atoms with E-state index in [-0.39, 0.29) is 0 Å². The van der Waals surface area contributed by atoms with Crippen molar-refractivity contribution in [2.75, 3.05) is 0 Å². The van der Waals surface area contributed by atoms with Crippen molar-refractivity contribution in [1.82, 2.24) is 0 Å². The summed E-state index contributed by atoms with van der Waals surface area (Å²) < 4.78 is 0. The Morgan fingerprint density at radius 1 is 1.25 bits per heavy atom. The molecule has 1 heteroatoms. The maximum absolute atomic E-state index is 5.47. The third-order valence-electron chi connectivity index (χ3n) is 2.40. The van der Waals surface area contributed by atoms with E-state index in [9.17, 15) is 0 Å². The molecule has 1 unspecified atom stereocenters. The first-order chi connectivity index (χ1) is 5.54. The Hall–Kier alpha value is -0.483. The van der Waals surface area contributed by atoms with E-state index < -0.39 is 8.80 Å². The molecule has 0 aliphatic carbocycles. The number of rotatable bonds is 4. The summed E-state index contributed by atoms with van der Waals surface area (Å²) in [6, 6.07) is 0. The van der Waals surface area contributed by atoms with Gasteiger partial charge in [-0.1, -0.05) is 44.9 Å². The molecule has 0 aromatic carbocycles. The summed E-state index contributed by atoms with van der Waals surface area (Å²) in [4.78, 5) is 0. The third kappa shape index (κ3) is 2.87. The molecular weight excluding hydrogens is 160 g/mol. The largest absolute Gasteiger partial charge is 0.120 e. The average molecular weight is 180 g/mol. The van der Waals surface area contributed by atoms with E-state index in [1.807, 2.05) is 6.08 Å². The Morgan fingerprint density at radius 2 is 1.67 bits per heavy atom. The molecule has 0 aromatic rings. The molecule has 1 atom stereocenters. The van der Waals surface area contributed by atoms with Crippen LogP contribution in [0.25, 0.3) is 0 Å². The Bertz CT molecular complexity index is 166. The molecule has 0 aliphatic rings. The van der Waals surface area contributed by atoms with Gasteiger partial charge in [-0.05, 0) is 0 Å². The molecule has 68 valence electrons. The van der Waals surface area contributed by atoms with Crippen LogP contribution in [-0.4, -0.2) is 8.80 Å². The molecule has 0 aliphatic heterocycles. The number of allylic oxidation sites excluding steroid dienone is 1. The highest BCUT2D eigenvalue weighted by atomic mass is 28.3. The van der Waals surface area contributed by atoms with Crippen molar-refractivity contribution < 1.29 is 0 Å². The zero-order valence-corrected chi connectivity index (χ0v) is 9.83. The lowest BCUT2D eigenvalue weighted by Gasteiger charge is -2.26. The van der Waals surface area contributed by atoms with Gasteiger partial charge in [0.2, 0.25) is 0 Å². The fourth-order valence-electron chi connectivity index (χ4n) is 1.94. The summed E-state index contributed by atoms with van der Waals surface area (Å²) in [5, 5.41) is 0. The quantitative estimate of drug-likeness (QED) is 0.354. The first-order valence-electron chi connectivity index (χ1n) is 4.63. The molecule has 0 fully saturated rings. The van der Waals surface area contributed by atoms with Gasteiger partial charge in [-0.3, -0.25) is 0 Å². The SMILES string of the molecule is C#CC(C=C)[SiH](C(C)C)C(C)C. The van der Waals surface area contributed by atoms with E-state index in [2.05, 4.69) is 40.2 Å². The Balaban J connectivity index is 4.50. The lowest BCUT2D eigenvalue weighted by Crippen LogP contribution is -2.25. The minimum absolute atomic E-state index is 0.366. The molecule has 0 bridgehead atoms. The van der Waals surface area contributed by atoms with Gasteiger partial charge in [0.15, 0.2) is 0 Å². The second-order valence-electron chi connectivity index (χ2n) is 3.99. The van der Waals surface area contributed by atoms with Gasteiger partial charge in [0, 0.05) is 5.54 Å². The van der Waals surface area contributed by atoms with Gasteiger partial charge < -0.3 is 0 Å². The van der Waals surface area contributed by atoms with Crippen LogP contribution in [-0.2, 0) is 0 Å². The van der Waals surface area contributed by atoms with Crippen molar-refractivity contribution in [3.63, 3.8) is 0 Å². The van der Waals surface area contributed by atoms with E-state index in [0.717, 1.165) is 11.1 Å². The van der Waals surface area contributed by atoms with E-state index in [4.69, 9.17) is 6.42 Å². The summed E-state index contributed by atoms with van der Waals surface area (Å²) in [5.41, 5.74) is 1.90. The summed E-state index contributed by atoms with van der Waals surface area (Å²) in [7, 11) is -0.850. The molecule has 0 radical (unpaired) electrons. The molecular formula is C11H20Si. The molecule has 0 rings (SSSR count). The highest BCUT2D eigenvalue weighted by Gasteiger charge is 2.25. The monoisotopic (exact) mass is 180 g/mol. The highest BCUT2D eigenvalue weighted by molar-refractivity contribution is 6.64. The van der Waals surface area contributed by atoms with Crippen molar-refractivity contribution in [1.29, 1.82) is 0 Å². The van der Waals surface area contributed by atoms with Gasteiger partial charge in [-0.25, -0.2) is 0 Å². The van der Waals surface area contributed by atoms with E-state index in [0.29, 0.717) is 5.54 Å². The van der Waals surface area contributed by atoms with Crippen molar-refractivity contribution in [2.24, 2.45) is 0 Å². The van der Waals surface area contributed by atoms with Crippen LogP contribution in [0.15, 0.2) is 12.7 Å². The molecule has 0 spiro atoms. The molecule has 0 saturated carbocycles. The molecule has 12 heavy (non-hydrogen) atoms. The molecule has 0 nitrogen and oxygen atoms in total. The Labute approximate surface area is 78.7 Å². The zero-order chi connectivity index (χ0) is 9.72. The zero-order valence-electron chi connectivity index (χ0n) is 8.67. The van der Waals surface area contributed by atoms with Gasteiger partial charge in [-0.2, -0.15) is 0 Å². The Morgan fingerprint density at radius 3 is 1.75 bits per heavy atom. The van der Waals surface area contributed by atoms with Crippen LogP contribution in [0, 0.1) is 12.3 Å².